The third-order valence-corrected chi connectivity index (χ3v) is 4.29. The summed E-state index contributed by atoms with van der Waals surface area (Å²) in [6.45, 7) is 2.05. The van der Waals surface area contributed by atoms with Gasteiger partial charge in [-0.1, -0.05) is 23.4 Å². The summed E-state index contributed by atoms with van der Waals surface area (Å²) in [5.74, 6) is 1.97. The van der Waals surface area contributed by atoms with Gasteiger partial charge >= 0.3 is 0 Å². The Balaban J connectivity index is 1.46. The van der Waals surface area contributed by atoms with Crippen LogP contribution in [-0.2, 0) is 19.3 Å². The molecule has 0 atom stereocenters. The number of aromatic nitrogens is 3. The quantitative estimate of drug-likeness (QED) is 0.745. The topological polar surface area (TPSA) is 83.8 Å². The minimum Gasteiger partial charge on any atom is -0.339 e. The summed E-state index contributed by atoms with van der Waals surface area (Å²) in [4.78, 5) is 19.5. The summed E-state index contributed by atoms with van der Waals surface area (Å²) in [5, 5.41) is 8.29. The van der Waals surface area contributed by atoms with Gasteiger partial charge in [0.15, 0.2) is 5.82 Å². The first kappa shape index (κ1) is 14.1. The molecule has 1 saturated heterocycles. The molecular formula is C17H18N4O2. The molecule has 2 N–H and O–H groups in total. The Bertz CT molecular complexity index is 879. The maximum atomic E-state index is 12.1. The number of hydrogen-bond donors (Lipinski definition) is 2. The first-order valence-electron chi connectivity index (χ1n) is 7.91. The number of pyridine rings is 1. The first-order valence-corrected chi connectivity index (χ1v) is 7.91. The van der Waals surface area contributed by atoms with Crippen LogP contribution in [0.25, 0.3) is 10.9 Å². The van der Waals surface area contributed by atoms with Gasteiger partial charge in [-0.05, 0) is 42.9 Å². The maximum absolute atomic E-state index is 12.1. The van der Waals surface area contributed by atoms with E-state index in [1.165, 1.54) is 0 Å². The van der Waals surface area contributed by atoms with Crippen LogP contribution in [0.4, 0.5) is 0 Å². The van der Waals surface area contributed by atoms with Gasteiger partial charge < -0.3 is 14.8 Å². The van der Waals surface area contributed by atoms with Crippen molar-refractivity contribution in [2.75, 3.05) is 13.1 Å². The largest absolute Gasteiger partial charge is 0.339 e. The monoisotopic (exact) mass is 310 g/mol. The number of aryl methyl sites for hydroxylation is 2. The lowest BCUT2D eigenvalue weighted by molar-refractivity contribution is 0.329. The number of para-hydroxylation sites is 1. The first-order chi connectivity index (χ1) is 11.3. The molecule has 1 aliphatic rings. The van der Waals surface area contributed by atoms with Gasteiger partial charge in [-0.15, -0.1) is 0 Å². The fourth-order valence-electron chi connectivity index (χ4n) is 2.85. The number of hydrogen-bond acceptors (Lipinski definition) is 5. The minimum absolute atomic E-state index is 0.0519. The average Bonchev–Trinajstić information content (AvgIpc) is 2.96. The standard InChI is InChI=1S/C17H18N4O2/c22-17-13(8-12-3-1-2-4-14(12)19-17)5-6-16-20-15(21-23-16)7-11-9-18-10-11/h1-4,8,11,18H,5-7,9-10H2,(H,19,22). The lowest BCUT2D eigenvalue weighted by Gasteiger charge is -2.25. The molecule has 6 heteroatoms. The van der Waals surface area contributed by atoms with Crippen LogP contribution < -0.4 is 10.9 Å². The van der Waals surface area contributed by atoms with Crippen LogP contribution in [0.15, 0.2) is 39.6 Å². The molecule has 2 aromatic heterocycles. The fraction of sp³-hybridized carbons (Fsp3) is 0.353. The Kier molecular flexibility index (Phi) is 3.67. The molecular weight excluding hydrogens is 292 g/mol. The number of fused-ring (bicyclic) bond motifs is 1. The molecule has 3 heterocycles. The molecule has 0 spiro atoms. The van der Waals surface area contributed by atoms with E-state index in [1.807, 2.05) is 30.3 Å². The van der Waals surface area contributed by atoms with Gasteiger partial charge in [-0.2, -0.15) is 4.98 Å². The SMILES string of the molecule is O=c1[nH]c2ccccc2cc1CCc1nc(CC2CNC2)no1. The van der Waals surface area contributed by atoms with Crippen LogP contribution >= 0.6 is 0 Å². The Hall–Kier alpha value is -2.47. The molecule has 0 amide bonds. The lowest BCUT2D eigenvalue weighted by atomic mass is 9.99. The predicted octanol–water partition coefficient (Wildman–Crippen LogP) is 1.46. The molecule has 1 aliphatic heterocycles. The molecule has 4 rings (SSSR count). The zero-order valence-electron chi connectivity index (χ0n) is 12.7. The number of H-pyrrole nitrogens is 1. The summed E-state index contributed by atoms with van der Waals surface area (Å²) >= 11 is 0. The van der Waals surface area contributed by atoms with E-state index in [0.717, 1.165) is 41.8 Å². The van der Waals surface area contributed by atoms with Crippen molar-refractivity contribution in [2.24, 2.45) is 5.92 Å². The van der Waals surface area contributed by atoms with Crippen LogP contribution in [0, 0.1) is 5.92 Å². The summed E-state index contributed by atoms with van der Waals surface area (Å²) < 4.78 is 5.29. The fourth-order valence-corrected chi connectivity index (χ4v) is 2.85. The number of rotatable bonds is 5. The molecule has 23 heavy (non-hydrogen) atoms. The van der Waals surface area contributed by atoms with Crippen molar-refractivity contribution in [3.05, 3.63) is 58.0 Å². The van der Waals surface area contributed by atoms with Gasteiger partial charge in [-0.3, -0.25) is 4.79 Å². The molecule has 0 radical (unpaired) electrons. The summed E-state index contributed by atoms with van der Waals surface area (Å²) in [5.41, 5.74) is 1.55. The van der Waals surface area contributed by atoms with Gasteiger partial charge in [0.05, 0.1) is 0 Å². The summed E-state index contributed by atoms with van der Waals surface area (Å²) in [6, 6.07) is 9.71. The Morgan fingerprint density at radius 2 is 2.09 bits per heavy atom. The van der Waals surface area contributed by atoms with Crippen LogP contribution in [0.3, 0.4) is 0 Å². The Labute approximate surface area is 132 Å². The van der Waals surface area contributed by atoms with Crippen molar-refractivity contribution in [3.8, 4) is 0 Å². The zero-order chi connectivity index (χ0) is 15.6. The van der Waals surface area contributed by atoms with Crippen molar-refractivity contribution in [3.63, 3.8) is 0 Å². The Morgan fingerprint density at radius 3 is 2.91 bits per heavy atom. The minimum atomic E-state index is -0.0519. The van der Waals surface area contributed by atoms with Gasteiger partial charge in [0.1, 0.15) is 0 Å². The predicted molar refractivity (Wildman–Crippen MR) is 86.3 cm³/mol. The highest BCUT2D eigenvalue weighted by molar-refractivity contribution is 5.78. The Morgan fingerprint density at radius 1 is 1.22 bits per heavy atom. The molecule has 0 bridgehead atoms. The van der Waals surface area contributed by atoms with Gasteiger partial charge in [0, 0.05) is 23.9 Å². The molecule has 0 unspecified atom stereocenters. The second kappa shape index (κ2) is 5.96. The summed E-state index contributed by atoms with van der Waals surface area (Å²) in [6.07, 6.45) is 2.02. The maximum Gasteiger partial charge on any atom is 0.251 e. The second-order valence-electron chi connectivity index (χ2n) is 6.04. The highest BCUT2D eigenvalue weighted by atomic mass is 16.5. The highest BCUT2D eigenvalue weighted by Crippen LogP contribution is 2.13. The molecule has 1 fully saturated rings. The number of aromatic amines is 1. The number of nitrogens with one attached hydrogen (secondary N) is 2. The lowest BCUT2D eigenvalue weighted by Crippen LogP contribution is -2.43. The molecule has 6 nitrogen and oxygen atoms in total. The third kappa shape index (κ3) is 3.03. The normalized spacial score (nSPS) is 15.0. The summed E-state index contributed by atoms with van der Waals surface area (Å²) in [7, 11) is 0. The molecule has 3 aromatic rings. The van der Waals surface area contributed by atoms with Crippen molar-refractivity contribution in [1.29, 1.82) is 0 Å². The highest BCUT2D eigenvalue weighted by Gasteiger charge is 2.20. The van der Waals surface area contributed by atoms with E-state index in [1.54, 1.807) is 0 Å². The van der Waals surface area contributed by atoms with Crippen LogP contribution in [0.1, 0.15) is 17.3 Å². The number of benzene rings is 1. The molecule has 0 aliphatic carbocycles. The molecule has 1 aromatic carbocycles. The van der Waals surface area contributed by atoms with Crippen molar-refractivity contribution < 1.29 is 4.52 Å². The van der Waals surface area contributed by atoms with Crippen LogP contribution in [0.5, 0.6) is 0 Å². The molecule has 0 saturated carbocycles. The van der Waals surface area contributed by atoms with E-state index in [2.05, 4.69) is 20.4 Å². The smallest absolute Gasteiger partial charge is 0.251 e. The van der Waals surface area contributed by atoms with Crippen LogP contribution in [0.2, 0.25) is 0 Å². The number of nitrogens with zero attached hydrogens (tertiary/aromatic N) is 2. The van der Waals surface area contributed by atoms with Gasteiger partial charge in [0.25, 0.3) is 5.56 Å². The molecule has 118 valence electrons. The van der Waals surface area contributed by atoms with E-state index < -0.39 is 0 Å². The van der Waals surface area contributed by atoms with Crippen molar-refractivity contribution in [1.82, 2.24) is 20.4 Å². The van der Waals surface area contributed by atoms with E-state index in [9.17, 15) is 4.79 Å². The van der Waals surface area contributed by atoms with Gasteiger partial charge in [0.2, 0.25) is 5.89 Å². The van der Waals surface area contributed by atoms with E-state index in [4.69, 9.17) is 4.52 Å². The van der Waals surface area contributed by atoms with Crippen LogP contribution in [-0.4, -0.2) is 28.2 Å². The van der Waals surface area contributed by atoms with Crippen molar-refractivity contribution in [2.45, 2.75) is 19.3 Å². The van der Waals surface area contributed by atoms with E-state index in [-0.39, 0.29) is 5.56 Å². The van der Waals surface area contributed by atoms with E-state index >= 15 is 0 Å². The van der Waals surface area contributed by atoms with Crippen molar-refractivity contribution >= 4 is 10.9 Å². The third-order valence-electron chi connectivity index (χ3n) is 4.29. The average molecular weight is 310 g/mol. The zero-order valence-corrected chi connectivity index (χ0v) is 12.7. The second-order valence-corrected chi connectivity index (χ2v) is 6.04. The van der Waals surface area contributed by atoms with E-state index in [0.29, 0.717) is 24.7 Å². The van der Waals surface area contributed by atoms with Gasteiger partial charge in [-0.25, -0.2) is 0 Å².